The van der Waals surface area contributed by atoms with Gasteiger partial charge in [0.1, 0.15) is 23.1 Å². The first-order chi connectivity index (χ1) is 17.4. The number of benzene rings is 2. The van der Waals surface area contributed by atoms with Gasteiger partial charge in [0.2, 0.25) is 5.95 Å². The number of nitrogens with one attached hydrogen (secondary N) is 1. The molecule has 0 aliphatic rings. The summed E-state index contributed by atoms with van der Waals surface area (Å²) >= 11 is 0. The lowest BCUT2D eigenvalue weighted by Crippen LogP contribution is -2.10. The highest BCUT2D eigenvalue weighted by molar-refractivity contribution is 5.80. The Balaban J connectivity index is 1.57. The van der Waals surface area contributed by atoms with Crippen molar-refractivity contribution in [3.8, 4) is 22.6 Å². The van der Waals surface area contributed by atoms with E-state index in [1.54, 1.807) is 24.4 Å². The molecule has 0 atom stereocenters. The van der Waals surface area contributed by atoms with Crippen molar-refractivity contribution >= 4 is 11.6 Å². The maximum Gasteiger partial charge on any atom is 0.223 e. The van der Waals surface area contributed by atoms with Gasteiger partial charge in [-0.1, -0.05) is 6.07 Å². The minimum atomic E-state index is -0.646. The summed E-state index contributed by atoms with van der Waals surface area (Å²) in [5.74, 6) is -1.43. The second-order valence-electron chi connectivity index (χ2n) is 8.64. The van der Waals surface area contributed by atoms with Crippen LogP contribution in [0, 0.1) is 17.5 Å². The molecule has 0 fully saturated rings. The molecular formula is C27H23F3N6. The van der Waals surface area contributed by atoms with Crippen molar-refractivity contribution in [1.29, 1.82) is 0 Å². The van der Waals surface area contributed by atoms with Crippen LogP contribution in [0.25, 0.3) is 28.3 Å². The second kappa shape index (κ2) is 9.79. The van der Waals surface area contributed by atoms with E-state index in [1.807, 2.05) is 36.8 Å². The lowest BCUT2D eigenvalue weighted by atomic mass is 10.1. The van der Waals surface area contributed by atoms with Crippen LogP contribution in [0.1, 0.15) is 11.1 Å². The summed E-state index contributed by atoms with van der Waals surface area (Å²) in [5, 5.41) is 2.90. The first-order valence-electron chi connectivity index (χ1n) is 11.3. The fraction of sp³-hybridized carbons (Fsp3) is 0.148. The zero-order chi connectivity index (χ0) is 25.2. The van der Waals surface area contributed by atoms with Gasteiger partial charge in [-0.05, 0) is 74.3 Å². The number of fused-ring (bicyclic) bond motifs is 1. The summed E-state index contributed by atoms with van der Waals surface area (Å²) in [6.45, 7) is 0.632. The summed E-state index contributed by atoms with van der Waals surface area (Å²) in [6, 6.07) is 15.6. The van der Waals surface area contributed by atoms with Gasteiger partial charge >= 0.3 is 0 Å². The van der Waals surface area contributed by atoms with Crippen LogP contribution >= 0.6 is 0 Å². The fourth-order valence-corrected chi connectivity index (χ4v) is 4.05. The number of rotatable bonds is 7. The molecule has 1 N–H and O–H groups in total. The maximum absolute atomic E-state index is 14.0. The average molecular weight is 489 g/mol. The number of imidazole rings is 1. The molecule has 0 saturated heterocycles. The molecular weight excluding hydrogens is 465 g/mol. The van der Waals surface area contributed by atoms with E-state index < -0.39 is 11.6 Å². The number of pyridine rings is 1. The zero-order valence-corrected chi connectivity index (χ0v) is 19.7. The van der Waals surface area contributed by atoms with Crippen molar-refractivity contribution in [3.63, 3.8) is 0 Å². The summed E-state index contributed by atoms with van der Waals surface area (Å²) in [7, 11) is 3.99. The Morgan fingerprint density at radius 3 is 2.39 bits per heavy atom. The second-order valence-corrected chi connectivity index (χ2v) is 8.64. The number of aromatic nitrogens is 4. The standard InChI is InChI=1S/C27H23F3N6/c1-35(2)16-17-11-13-36-24(14-17)34-25(18-6-8-19(28)9-7-18)26(36)23-10-12-31-27(33-23)32-15-20-21(29)4-3-5-22(20)30/h3-14H,15-16H2,1-2H3,(H,31,32,33). The molecule has 3 heterocycles. The molecule has 9 heteroatoms. The molecule has 0 saturated carbocycles. The zero-order valence-electron chi connectivity index (χ0n) is 19.7. The van der Waals surface area contributed by atoms with Gasteiger partial charge in [-0.2, -0.15) is 0 Å². The number of halogens is 3. The van der Waals surface area contributed by atoms with Crippen LogP contribution < -0.4 is 5.32 Å². The van der Waals surface area contributed by atoms with Crippen LogP contribution in [0.4, 0.5) is 19.1 Å². The minimum absolute atomic E-state index is 0.0956. The molecule has 0 radical (unpaired) electrons. The van der Waals surface area contributed by atoms with Gasteiger partial charge in [-0.25, -0.2) is 28.1 Å². The van der Waals surface area contributed by atoms with Crippen molar-refractivity contribution in [1.82, 2.24) is 24.3 Å². The average Bonchev–Trinajstić information content (AvgIpc) is 3.23. The van der Waals surface area contributed by atoms with Crippen molar-refractivity contribution in [2.24, 2.45) is 0 Å². The van der Waals surface area contributed by atoms with E-state index in [9.17, 15) is 13.2 Å². The van der Waals surface area contributed by atoms with Crippen LogP contribution in [-0.2, 0) is 13.1 Å². The smallest absolute Gasteiger partial charge is 0.223 e. The molecule has 5 rings (SSSR count). The number of anilines is 1. The van der Waals surface area contributed by atoms with E-state index in [0.717, 1.165) is 17.7 Å². The Bertz CT molecular complexity index is 1510. The molecule has 0 amide bonds. The molecule has 0 spiro atoms. The van der Waals surface area contributed by atoms with Gasteiger partial charge < -0.3 is 10.2 Å². The van der Waals surface area contributed by atoms with Gasteiger partial charge in [0.25, 0.3) is 0 Å². The molecule has 0 aliphatic carbocycles. The van der Waals surface area contributed by atoms with Crippen molar-refractivity contribution in [3.05, 3.63) is 102 Å². The first-order valence-corrected chi connectivity index (χ1v) is 11.3. The van der Waals surface area contributed by atoms with E-state index in [4.69, 9.17) is 4.98 Å². The van der Waals surface area contributed by atoms with Crippen LogP contribution in [0.15, 0.2) is 73.1 Å². The summed E-state index contributed by atoms with van der Waals surface area (Å²) in [6.07, 6.45) is 3.49. The van der Waals surface area contributed by atoms with Crippen LogP contribution in [0.2, 0.25) is 0 Å². The highest BCUT2D eigenvalue weighted by Gasteiger charge is 2.19. The van der Waals surface area contributed by atoms with E-state index in [0.29, 0.717) is 22.7 Å². The van der Waals surface area contributed by atoms with E-state index in [1.165, 1.54) is 30.3 Å². The van der Waals surface area contributed by atoms with Gasteiger partial charge in [-0.3, -0.25) is 4.40 Å². The van der Waals surface area contributed by atoms with Crippen molar-refractivity contribution in [2.75, 3.05) is 19.4 Å². The van der Waals surface area contributed by atoms with Gasteiger partial charge in [0, 0.05) is 36.6 Å². The number of hydrogen-bond acceptors (Lipinski definition) is 5. The quantitative estimate of drug-likeness (QED) is 0.326. The Morgan fingerprint density at radius 2 is 1.67 bits per heavy atom. The largest absolute Gasteiger partial charge is 0.350 e. The first kappa shape index (κ1) is 23.5. The third-order valence-corrected chi connectivity index (χ3v) is 5.69. The lowest BCUT2D eigenvalue weighted by molar-refractivity contribution is 0.402. The van der Waals surface area contributed by atoms with Crippen molar-refractivity contribution in [2.45, 2.75) is 13.1 Å². The maximum atomic E-state index is 14.0. The predicted molar refractivity (Wildman–Crippen MR) is 133 cm³/mol. The van der Waals surface area contributed by atoms with Crippen LogP contribution in [0.5, 0.6) is 0 Å². The molecule has 182 valence electrons. The third-order valence-electron chi connectivity index (χ3n) is 5.69. The number of nitrogens with zero attached hydrogens (tertiary/aromatic N) is 5. The van der Waals surface area contributed by atoms with Crippen LogP contribution in [-0.4, -0.2) is 38.3 Å². The summed E-state index contributed by atoms with van der Waals surface area (Å²) in [5.41, 5.74) is 4.30. The Kier molecular flexibility index (Phi) is 6.39. The topological polar surface area (TPSA) is 58.4 Å². The minimum Gasteiger partial charge on any atom is -0.350 e. The lowest BCUT2D eigenvalue weighted by Gasteiger charge is -2.11. The number of hydrogen-bond donors (Lipinski definition) is 1. The monoisotopic (exact) mass is 488 g/mol. The molecule has 3 aromatic heterocycles. The Hall–Kier alpha value is -4.24. The fourth-order valence-electron chi connectivity index (χ4n) is 4.05. The Labute approximate surface area is 206 Å². The highest BCUT2D eigenvalue weighted by Crippen LogP contribution is 2.32. The van der Waals surface area contributed by atoms with Gasteiger partial charge in [0.05, 0.1) is 17.1 Å². The Morgan fingerprint density at radius 1 is 0.917 bits per heavy atom. The normalized spacial score (nSPS) is 11.4. The van der Waals surface area contributed by atoms with E-state index in [2.05, 4.69) is 20.2 Å². The summed E-state index contributed by atoms with van der Waals surface area (Å²) in [4.78, 5) is 15.7. The highest BCUT2D eigenvalue weighted by atomic mass is 19.1. The van der Waals surface area contributed by atoms with E-state index >= 15 is 0 Å². The van der Waals surface area contributed by atoms with E-state index in [-0.39, 0.29) is 23.9 Å². The molecule has 0 unspecified atom stereocenters. The molecule has 2 aromatic carbocycles. The molecule has 0 bridgehead atoms. The van der Waals surface area contributed by atoms with Gasteiger partial charge in [0.15, 0.2) is 0 Å². The van der Waals surface area contributed by atoms with Crippen LogP contribution in [0.3, 0.4) is 0 Å². The molecule has 0 aliphatic heterocycles. The third kappa shape index (κ3) is 4.78. The van der Waals surface area contributed by atoms with Gasteiger partial charge in [-0.15, -0.1) is 0 Å². The van der Waals surface area contributed by atoms with Crippen molar-refractivity contribution < 1.29 is 13.2 Å². The summed E-state index contributed by atoms with van der Waals surface area (Å²) < 4.78 is 43.6. The molecule has 5 aromatic rings. The predicted octanol–water partition coefficient (Wildman–Crippen LogP) is 5.55. The molecule has 36 heavy (non-hydrogen) atoms. The SMILES string of the molecule is CN(C)Cc1ccn2c(-c3ccnc(NCc4c(F)cccc4F)n3)c(-c3ccc(F)cc3)nc2c1. The molecule has 6 nitrogen and oxygen atoms in total.